The first kappa shape index (κ1) is 26.3. The highest BCUT2D eigenvalue weighted by Gasteiger charge is 2.20. The van der Waals surface area contributed by atoms with Crippen molar-refractivity contribution in [3.63, 3.8) is 0 Å². The lowest BCUT2D eigenvalue weighted by atomic mass is 10.0. The van der Waals surface area contributed by atoms with Gasteiger partial charge in [0, 0.05) is 42.0 Å². The Morgan fingerprint density at radius 3 is 2.49 bits per heavy atom. The Balaban J connectivity index is 1.50. The maximum absolute atomic E-state index is 13.9. The average molecular weight is 525 g/mol. The topological polar surface area (TPSA) is 99.2 Å². The van der Waals surface area contributed by atoms with Crippen LogP contribution in [-0.4, -0.2) is 39.3 Å². The summed E-state index contributed by atoms with van der Waals surface area (Å²) in [6.07, 6.45) is 9.98. The standard InChI is InChI=1S/C30H36N8O/c1-5-7-10-23-20-38(29-24(21(3)4)15-17-36(29)16-6-2)30(39)37(23)19-22-13-14-27(31-18-22)25-11-8-9-12-26(25)28-32-34-35-33-28/h8-9,11-15,17-18,20-21H,5-7,10,16,19H2,1-4H3,(H,32,33,34,35). The second kappa shape index (κ2) is 11.6. The van der Waals surface area contributed by atoms with Crippen LogP contribution in [-0.2, 0) is 19.5 Å². The van der Waals surface area contributed by atoms with Crippen LogP contribution in [0.2, 0.25) is 0 Å². The first-order chi connectivity index (χ1) is 19.0. The van der Waals surface area contributed by atoms with Gasteiger partial charge in [0.25, 0.3) is 0 Å². The van der Waals surface area contributed by atoms with Crippen LogP contribution >= 0.6 is 0 Å². The molecule has 0 radical (unpaired) electrons. The number of nitrogens with zero attached hydrogens (tertiary/aromatic N) is 7. The van der Waals surface area contributed by atoms with E-state index in [1.807, 2.05) is 51.7 Å². The highest BCUT2D eigenvalue weighted by molar-refractivity contribution is 5.78. The van der Waals surface area contributed by atoms with Crippen LogP contribution < -0.4 is 5.69 Å². The third-order valence-electron chi connectivity index (χ3n) is 7.10. The minimum absolute atomic E-state index is 0.00806. The third-order valence-corrected chi connectivity index (χ3v) is 7.10. The number of nitrogens with one attached hydrogen (secondary N) is 1. The Morgan fingerprint density at radius 1 is 1.00 bits per heavy atom. The zero-order chi connectivity index (χ0) is 27.4. The van der Waals surface area contributed by atoms with Crippen molar-refractivity contribution >= 4 is 0 Å². The molecule has 0 atom stereocenters. The summed E-state index contributed by atoms with van der Waals surface area (Å²) in [5, 5.41) is 14.3. The molecule has 4 heterocycles. The molecule has 0 aliphatic heterocycles. The molecule has 0 aliphatic rings. The average Bonchev–Trinajstić information content (AvgIpc) is 3.69. The molecule has 0 saturated carbocycles. The van der Waals surface area contributed by atoms with Crippen molar-refractivity contribution < 1.29 is 0 Å². The van der Waals surface area contributed by atoms with Crippen molar-refractivity contribution in [2.75, 3.05) is 0 Å². The molecule has 0 fully saturated rings. The number of rotatable bonds is 11. The Bertz CT molecular complexity index is 1570. The van der Waals surface area contributed by atoms with E-state index in [2.05, 4.69) is 71.3 Å². The van der Waals surface area contributed by atoms with Gasteiger partial charge in [-0.25, -0.2) is 9.89 Å². The monoisotopic (exact) mass is 524 g/mol. The Kier molecular flexibility index (Phi) is 7.86. The minimum Gasteiger partial charge on any atom is -0.334 e. The molecule has 1 N–H and O–H groups in total. The van der Waals surface area contributed by atoms with Gasteiger partial charge in [0.2, 0.25) is 0 Å². The zero-order valence-electron chi connectivity index (χ0n) is 23.1. The lowest BCUT2D eigenvalue weighted by Crippen LogP contribution is -2.26. The number of benzene rings is 1. The van der Waals surface area contributed by atoms with Gasteiger partial charge in [-0.1, -0.05) is 64.4 Å². The van der Waals surface area contributed by atoms with Crippen LogP contribution in [0, 0.1) is 0 Å². The summed E-state index contributed by atoms with van der Waals surface area (Å²) in [6.45, 7) is 10.0. The smallest absolute Gasteiger partial charge is 0.334 e. The summed E-state index contributed by atoms with van der Waals surface area (Å²) in [7, 11) is 0. The fraction of sp³-hybridized carbons (Fsp3) is 0.367. The van der Waals surface area contributed by atoms with Gasteiger partial charge >= 0.3 is 5.69 Å². The fourth-order valence-corrected chi connectivity index (χ4v) is 5.08. The number of hydrogen-bond donors (Lipinski definition) is 1. The molecule has 0 saturated heterocycles. The largest absolute Gasteiger partial charge is 0.334 e. The molecular weight excluding hydrogens is 488 g/mol. The normalized spacial score (nSPS) is 11.5. The minimum atomic E-state index is -0.00806. The third kappa shape index (κ3) is 5.34. The van der Waals surface area contributed by atoms with Crippen molar-refractivity contribution in [1.82, 2.24) is 39.3 Å². The predicted molar refractivity (Wildman–Crippen MR) is 153 cm³/mol. The van der Waals surface area contributed by atoms with Crippen molar-refractivity contribution in [2.24, 2.45) is 0 Å². The molecule has 0 spiro atoms. The number of aryl methyl sites for hydroxylation is 2. The van der Waals surface area contributed by atoms with Gasteiger partial charge in [-0.15, -0.1) is 5.10 Å². The van der Waals surface area contributed by atoms with Crippen LogP contribution in [0.4, 0.5) is 0 Å². The first-order valence-corrected chi connectivity index (χ1v) is 13.8. The summed E-state index contributed by atoms with van der Waals surface area (Å²) in [6, 6.07) is 14.1. The number of H-pyrrole nitrogens is 1. The van der Waals surface area contributed by atoms with Gasteiger partial charge in [-0.05, 0) is 58.9 Å². The number of aromatic nitrogens is 8. The molecular formula is C30H36N8O. The summed E-state index contributed by atoms with van der Waals surface area (Å²) in [5.74, 6) is 1.90. The van der Waals surface area contributed by atoms with Gasteiger partial charge in [-0.2, -0.15) is 0 Å². The number of imidazole rings is 1. The quantitative estimate of drug-likeness (QED) is 0.242. The Hall–Kier alpha value is -4.27. The van der Waals surface area contributed by atoms with Crippen molar-refractivity contribution in [1.29, 1.82) is 0 Å². The highest BCUT2D eigenvalue weighted by Crippen LogP contribution is 2.29. The van der Waals surface area contributed by atoms with Crippen molar-refractivity contribution in [3.8, 4) is 28.5 Å². The van der Waals surface area contributed by atoms with Crippen LogP contribution in [0.5, 0.6) is 0 Å². The lowest BCUT2D eigenvalue weighted by Gasteiger charge is -2.13. The van der Waals surface area contributed by atoms with Gasteiger partial charge in [0.15, 0.2) is 5.82 Å². The van der Waals surface area contributed by atoms with Gasteiger partial charge in [0.1, 0.15) is 5.82 Å². The molecule has 5 rings (SSSR count). The second-order valence-electron chi connectivity index (χ2n) is 10.3. The molecule has 39 heavy (non-hydrogen) atoms. The lowest BCUT2D eigenvalue weighted by molar-refractivity contribution is 0.639. The molecule has 0 unspecified atom stereocenters. The van der Waals surface area contributed by atoms with E-state index >= 15 is 0 Å². The summed E-state index contributed by atoms with van der Waals surface area (Å²) < 4.78 is 5.98. The van der Waals surface area contributed by atoms with Gasteiger partial charge in [0.05, 0.1) is 12.2 Å². The van der Waals surface area contributed by atoms with E-state index in [4.69, 9.17) is 4.98 Å². The molecule has 202 valence electrons. The molecule has 0 bridgehead atoms. The van der Waals surface area contributed by atoms with E-state index in [0.717, 1.165) is 66.1 Å². The summed E-state index contributed by atoms with van der Waals surface area (Å²) >= 11 is 0. The number of hydrogen-bond acceptors (Lipinski definition) is 5. The molecule has 0 amide bonds. The summed E-state index contributed by atoms with van der Waals surface area (Å²) in [4.78, 5) is 18.7. The fourth-order valence-electron chi connectivity index (χ4n) is 5.08. The second-order valence-corrected chi connectivity index (χ2v) is 10.3. The SMILES string of the molecule is CCCCc1cn(-c2c(C(C)C)ccn2CCC)c(=O)n1Cc1ccc(-c2ccccc2-c2nnn[nH]2)nc1. The van der Waals surface area contributed by atoms with E-state index in [1.165, 1.54) is 5.56 Å². The number of aromatic amines is 1. The van der Waals surface area contributed by atoms with E-state index in [0.29, 0.717) is 18.3 Å². The highest BCUT2D eigenvalue weighted by atomic mass is 16.1. The van der Waals surface area contributed by atoms with E-state index in [1.54, 1.807) is 0 Å². The number of unbranched alkanes of at least 4 members (excludes halogenated alkanes) is 1. The van der Waals surface area contributed by atoms with Crippen LogP contribution in [0.1, 0.15) is 69.7 Å². The molecule has 9 nitrogen and oxygen atoms in total. The van der Waals surface area contributed by atoms with E-state index in [-0.39, 0.29) is 5.69 Å². The number of tetrazole rings is 1. The maximum Gasteiger partial charge on any atom is 0.334 e. The van der Waals surface area contributed by atoms with Crippen LogP contribution in [0.25, 0.3) is 28.5 Å². The predicted octanol–water partition coefficient (Wildman–Crippen LogP) is 5.61. The van der Waals surface area contributed by atoms with Gasteiger partial charge < -0.3 is 4.57 Å². The molecule has 4 aromatic heterocycles. The Labute approximate surface area is 228 Å². The molecule has 0 aliphatic carbocycles. The van der Waals surface area contributed by atoms with Crippen molar-refractivity contribution in [3.05, 3.63) is 88.4 Å². The van der Waals surface area contributed by atoms with E-state index < -0.39 is 0 Å². The maximum atomic E-state index is 13.9. The molecule has 9 heteroatoms. The molecule has 1 aromatic carbocycles. The van der Waals surface area contributed by atoms with Gasteiger partial charge in [-0.3, -0.25) is 14.1 Å². The van der Waals surface area contributed by atoms with Crippen LogP contribution in [0.15, 0.2) is 65.8 Å². The first-order valence-electron chi connectivity index (χ1n) is 13.8. The van der Waals surface area contributed by atoms with Crippen LogP contribution in [0.3, 0.4) is 0 Å². The zero-order valence-corrected chi connectivity index (χ0v) is 23.1. The summed E-state index contributed by atoms with van der Waals surface area (Å²) in [5.41, 5.74) is 5.85. The number of pyridine rings is 1. The van der Waals surface area contributed by atoms with E-state index in [9.17, 15) is 4.79 Å². The molecule has 5 aromatic rings. The van der Waals surface area contributed by atoms with Crippen molar-refractivity contribution in [2.45, 2.75) is 72.4 Å². The Morgan fingerprint density at radius 2 is 1.82 bits per heavy atom.